The molecule has 0 unspecified atom stereocenters. The first-order valence-corrected chi connectivity index (χ1v) is 6.82. The fourth-order valence-corrected chi connectivity index (χ4v) is 2.12. The van der Waals surface area contributed by atoms with Crippen LogP contribution in [-0.2, 0) is 9.53 Å². The summed E-state index contributed by atoms with van der Waals surface area (Å²) in [4.78, 5) is 23.2. The number of carbonyl (C=O) groups excluding carboxylic acids is 2. The second-order valence-electron chi connectivity index (χ2n) is 3.61. The van der Waals surface area contributed by atoms with Gasteiger partial charge in [-0.3, -0.25) is 4.79 Å². The minimum Gasteiger partial charge on any atom is -0.462 e. The molecule has 0 aromatic carbocycles. The van der Waals surface area contributed by atoms with Crippen molar-refractivity contribution in [3.63, 3.8) is 0 Å². The number of hydrogen-bond donors (Lipinski definition) is 2. The Labute approximate surface area is 111 Å². The van der Waals surface area contributed by atoms with Crippen molar-refractivity contribution < 1.29 is 14.3 Å². The maximum absolute atomic E-state index is 11.6. The lowest BCUT2D eigenvalue weighted by molar-refractivity contribution is -0.115. The first-order valence-electron chi connectivity index (χ1n) is 5.94. The van der Waals surface area contributed by atoms with Crippen molar-refractivity contribution in [3.05, 3.63) is 17.0 Å². The van der Waals surface area contributed by atoms with Crippen LogP contribution >= 0.6 is 11.3 Å². The number of rotatable bonds is 7. The van der Waals surface area contributed by atoms with Crippen molar-refractivity contribution in [1.82, 2.24) is 5.32 Å². The zero-order valence-corrected chi connectivity index (χ0v) is 11.4. The molecule has 1 rings (SSSR count). The topological polar surface area (TPSA) is 67.4 Å². The molecule has 0 radical (unpaired) electrons. The van der Waals surface area contributed by atoms with Crippen LogP contribution in [0.3, 0.4) is 0 Å². The first-order chi connectivity index (χ1) is 8.69. The van der Waals surface area contributed by atoms with Crippen LogP contribution in [0.25, 0.3) is 0 Å². The van der Waals surface area contributed by atoms with Crippen molar-refractivity contribution >= 4 is 28.2 Å². The van der Waals surface area contributed by atoms with Gasteiger partial charge in [-0.15, -0.1) is 11.3 Å². The quantitative estimate of drug-likeness (QED) is 0.586. The molecule has 1 heterocycles. The van der Waals surface area contributed by atoms with E-state index < -0.39 is 5.97 Å². The molecule has 1 amide bonds. The van der Waals surface area contributed by atoms with Gasteiger partial charge in [-0.1, -0.05) is 6.92 Å². The average molecular weight is 270 g/mol. The molecule has 18 heavy (non-hydrogen) atoms. The zero-order chi connectivity index (χ0) is 13.4. The van der Waals surface area contributed by atoms with Crippen molar-refractivity contribution in [2.75, 3.05) is 25.0 Å². The predicted molar refractivity (Wildman–Crippen MR) is 72.1 cm³/mol. The molecule has 1 aromatic heterocycles. The first kappa shape index (κ1) is 14.7. The summed E-state index contributed by atoms with van der Waals surface area (Å²) in [5.74, 6) is -0.563. The van der Waals surface area contributed by atoms with E-state index in [1.807, 2.05) is 6.92 Å². The molecule has 100 valence electrons. The number of thiophene rings is 1. The van der Waals surface area contributed by atoms with Crippen molar-refractivity contribution in [2.24, 2.45) is 0 Å². The summed E-state index contributed by atoms with van der Waals surface area (Å²) in [6.07, 6.45) is 0.973. The molecule has 0 aliphatic carbocycles. The fourth-order valence-electron chi connectivity index (χ4n) is 1.33. The van der Waals surface area contributed by atoms with Gasteiger partial charge in [0, 0.05) is 0 Å². The lowest BCUT2D eigenvalue weighted by Crippen LogP contribution is -2.28. The maximum Gasteiger partial charge on any atom is 0.341 e. The van der Waals surface area contributed by atoms with E-state index in [2.05, 4.69) is 10.6 Å². The van der Waals surface area contributed by atoms with E-state index in [-0.39, 0.29) is 12.5 Å². The molecule has 0 fully saturated rings. The molecule has 0 bridgehead atoms. The second-order valence-corrected chi connectivity index (χ2v) is 4.52. The number of anilines is 1. The minimum absolute atomic E-state index is 0.156. The van der Waals surface area contributed by atoms with Crippen LogP contribution in [0.5, 0.6) is 0 Å². The van der Waals surface area contributed by atoms with Gasteiger partial charge in [0.05, 0.1) is 18.7 Å². The third-order valence-electron chi connectivity index (χ3n) is 2.13. The molecule has 6 heteroatoms. The highest BCUT2D eigenvalue weighted by molar-refractivity contribution is 7.14. The Kier molecular flexibility index (Phi) is 6.38. The highest BCUT2D eigenvalue weighted by Gasteiger charge is 2.15. The summed E-state index contributed by atoms with van der Waals surface area (Å²) in [6.45, 7) is 5.14. The molecule has 0 saturated carbocycles. The number of hydrogen-bond acceptors (Lipinski definition) is 5. The van der Waals surface area contributed by atoms with Gasteiger partial charge >= 0.3 is 5.97 Å². The van der Waals surface area contributed by atoms with Crippen LogP contribution in [-0.4, -0.2) is 31.6 Å². The van der Waals surface area contributed by atoms with E-state index in [1.54, 1.807) is 18.4 Å². The smallest absolute Gasteiger partial charge is 0.341 e. The Balaban J connectivity index is 2.54. The highest BCUT2D eigenvalue weighted by atomic mass is 32.1. The van der Waals surface area contributed by atoms with Crippen LogP contribution in [0.4, 0.5) is 5.00 Å². The third-order valence-corrected chi connectivity index (χ3v) is 2.96. The number of carbonyl (C=O) groups is 2. The van der Waals surface area contributed by atoms with E-state index >= 15 is 0 Å². The molecule has 0 atom stereocenters. The van der Waals surface area contributed by atoms with E-state index in [9.17, 15) is 9.59 Å². The largest absolute Gasteiger partial charge is 0.462 e. The summed E-state index contributed by atoms with van der Waals surface area (Å²) >= 11 is 1.31. The van der Waals surface area contributed by atoms with E-state index in [1.165, 1.54) is 11.3 Å². The molecular formula is C12H18N2O3S. The fraction of sp³-hybridized carbons (Fsp3) is 0.500. The predicted octanol–water partition coefficient (Wildman–Crippen LogP) is 1.86. The lowest BCUT2D eigenvalue weighted by atomic mass is 10.3. The van der Waals surface area contributed by atoms with Crippen molar-refractivity contribution in [2.45, 2.75) is 20.3 Å². The van der Waals surface area contributed by atoms with Crippen LogP contribution in [0.1, 0.15) is 30.6 Å². The standard InChI is InChI=1S/C12H18N2O3S/c1-3-6-13-8-10(15)14-11-9(5-7-18-11)12(16)17-4-2/h5,7,13H,3-4,6,8H2,1-2H3,(H,14,15). The third kappa shape index (κ3) is 4.46. The molecule has 2 N–H and O–H groups in total. The van der Waals surface area contributed by atoms with E-state index in [4.69, 9.17) is 4.74 Å². The summed E-state index contributed by atoms with van der Waals surface area (Å²) in [5.41, 5.74) is 0.408. The van der Waals surface area contributed by atoms with Crippen LogP contribution < -0.4 is 10.6 Å². The Bertz CT molecular complexity index is 404. The molecule has 0 saturated heterocycles. The number of esters is 1. The molecule has 5 nitrogen and oxygen atoms in total. The highest BCUT2D eigenvalue weighted by Crippen LogP contribution is 2.23. The monoisotopic (exact) mass is 270 g/mol. The Morgan fingerprint density at radius 1 is 1.39 bits per heavy atom. The Morgan fingerprint density at radius 2 is 2.17 bits per heavy atom. The summed E-state index contributed by atoms with van der Waals surface area (Å²) in [6, 6.07) is 1.65. The second kappa shape index (κ2) is 7.84. The van der Waals surface area contributed by atoms with Gasteiger partial charge in [0.1, 0.15) is 5.00 Å². The Morgan fingerprint density at radius 3 is 2.83 bits per heavy atom. The molecule has 0 spiro atoms. The van der Waals surface area contributed by atoms with Gasteiger partial charge in [-0.05, 0) is 31.3 Å². The van der Waals surface area contributed by atoms with Crippen molar-refractivity contribution in [3.8, 4) is 0 Å². The Hall–Kier alpha value is -1.40. The number of amides is 1. The van der Waals surface area contributed by atoms with E-state index in [0.717, 1.165) is 13.0 Å². The van der Waals surface area contributed by atoms with Gasteiger partial charge in [0.15, 0.2) is 0 Å². The van der Waals surface area contributed by atoms with Gasteiger partial charge in [-0.25, -0.2) is 4.79 Å². The van der Waals surface area contributed by atoms with Gasteiger partial charge < -0.3 is 15.4 Å². The molecule has 1 aromatic rings. The zero-order valence-electron chi connectivity index (χ0n) is 10.6. The molecule has 0 aliphatic heterocycles. The van der Waals surface area contributed by atoms with Crippen molar-refractivity contribution in [1.29, 1.82) is 0 Å². The number of nitrogens with one attached hydrogen (secondary N) is 2. The summed E-state index contributed by atoms with van der Waals surface area (Å²) in [5, 5.41) is 7.99. The van der Waals surface area contributed by atoms with Gasteiger partial charge in [0.2, 0.25) is 5.91 Å². The summed E-state index contributed by atoms with van der Waals surface area (Å²) in [7, 11) is 0. The average Bonchev–Trinajstić information content (AvgIpc) is 2.78. The minimum atomic E-state index is -0.407. The number of ether oxygens (including phenoxy) is 1. The van der Waals surface area contributed by atoms with Crippen LogP contribution in [0, 0.1) is 0 Å². The SMILES string of the molecule is CCCNCC(=O)Nc1sccc1C(=O)OCC. The molecule has 0 aliphatic rings. The van der Waals surface area contributed by atoms with Crippen LogP contribution in [0.15, 0.2) is 11.4 Å². The lowest BCUT2D eigenvalue weighted by Gasteiger charge is -2.06. The maximum atomic E-state index is 11.6. The normalized spacial score (nSPS) is 10.1. The van der Waals surface area contributed by atoms with E-state index in [0.29, 0.717) is 17.2 Å². The van der Waals surface area contributed by atoms with Gasteiger partial charge in [0.25, 0.3) is 0 Å². The summed E-state index contributed by atoms with van der Waals surface area (Å²) < 4.78 is 4.91. The van der Waals surface area contributed by atoms with Gasteiger partial charge in [-0.2, -0.15) is 0 Å². The molecular weight excluding hydrogens is 252 g/mol. The van der Waals surface area contributed by atoms with Crippen LogP contribution in [0.2, 0.25) is 0 Å².